The highest BCUT2D eigenvalue weighted by molar-refractivity contribution is 5.74. The first kappa shape index (κ1) is 78.7. The highest BCUT2D eigenvalue weighted by Crippen LogP contribution is 2.40. The van der Waals surface area contributed by atoms with Crippen LogP contribution in [-0.4, -0.2) is 410 Å². The first-order valence-corrected chi connectivity index (χ1v) is 30.8. The third kappa shape index (κ3) is 16.9. The van der Waals surface area contributed by atoms with Crippen LogP contribution in [0.2, 0.25) is 0 Å². The lowest BCUT2D eigenvalue weighted by atomic mass is 9.93. The van der Waals surface area contributed by atoms with Gasteiger partial charge < -0.3 is 194 Å². The van der Waals surface area contributed by atoms with Crippen molar-refractivity contribution in [3.05, 3.63) is 0 Å². The fourth-order valence-corrected chi connectivity index (χ4v) is 12.6. The van der Waals surface area contributed by atoms with Crippen LogP contribution in [0, 0.1) is 0 Å². The molecular weight excluding hydrogens is 1310 g/mol. The molecule has 96 heavy (non-hydrogen) atoms. The Morgan fingerprint density at radius 1 is 0.271 bits per heavy atom. The minimum Gasteiger partial charge on any atom is -0.394 e. The van der Waals surface area contributed by atoms with E-state index in [4.69, 9.17) is 71.1 Å². The summed E-state index contributed by atoms with van der Waals surface area (Å²) < 4.78 is 89.5. The first-order chi connectivity index (χ1) is 45.3. The Morgan fingerprint density at radius 2 is 0.531 bits per heavy atom. The van der Waals surface area contributed by atoms with Crippen LogP contribution in [0.5, 0.6) is 0 Å². The summed E-state index contributed by atoms with van der Waals surface area (Å²) in [7, 11) is 0. The highest BCUT2D eigenvalue weighted by Gasteiger charge is 2.61. The number of aliphatic hydroxyl groups excluding tert-OH is 21. The molecule has 8 rings (SSSR count). The predicted molar refractivity (Wildman–Crippen MR) is 296 cm³/mol. The van der Waals surface area contributed by atoms with E-state index < -0.39 is 303 Å². The zero-order chi connectivity index (χ0) is 70.8. The Hall–Kier alpha value is -3.03. The third-order valence-electron chi connectivity index (χ3n) is 17.8. The standard InChI is InChI=1S/C54H91N3O39/c1-12-26(67)32(73)35(76)50(82-12)93-43-24(56-15(4)65)48(88-21(10-62)40(43)90-52-37(78)34(75)28(69)17(6-58)85-52)95-45-30(71)19(8-60)86-53(38(45)79)91-41-22(11-63)89-49(25(57-16(5)66)44(41)94-51-36(77)33(74)27(68)13(2)83-51)96-46-31(72)20(9-61)87-54(39(46)80)92-42-23(55-14(3)64)47(81)84-18(7-59)29(42)70/h12-13,17-54,58-63,67-81H,6-11H2,1-5H3,(H,55,64)(H,56,65)(H,57,66)/t12-,13-,17+,18+,19+,20+,21+,22+,23+,24+,25+,26+,27+,28-,29-,30-,31-,32+,33+,34-,35-,36-,37+,38+,39+,40+,41+,42+,43+,44+,45-,46-,47-,48-,49-,50-,51-,52-,53-,54-/m0/s1. The maximum absolute atomic E-state index is 13.4. The average Bonchev–Trinajstić information content (AvgIpc) is 0.765. The molecule has 0 aromatic rings. The third-order valence-corrected chi connectivity index (χ3v) is 17.8. The number of hydrogen-bond donors (Lipinski definition) is 24. The summed E-state index contributed by atoms with van der Waals surface area (Å²) in [6.07, 6.45) is -73.3. The van der Waals surface area contributed by atoms with Crippen molar-refractivity contribution in [2.45, 2.75) is 280 Å². The lowest BCUT2D eigenvalue weighted by Crippen LogP contribution is -2.72. The van der Waals surface area contributed by atoms with E-state index in [1.807, 2.05) is 0 Å². The van der Waals surface area contributed by atoms with E-state index in [1.54, 1.807) is 0 Å². The molecule has 8 saturated heterocycles. The lowest BCUT2D eigenvalue weighted by Gasteiger charge is -2.52. The molecule has 0 aromatic carbocycles. The molecule has 8 heterocycles. The fraction of sp³-hybridized carbons (Fsp3) is 0.944. The topological polar surface area (TPSA) is 651 Å². The Bertz CT molecular complexity index is 2470. The Kier molecular flexibility index (Phi) is 27.7. The molecule has 40 atom stereocenters. The van der Waals surface area contributed by atoms with E-state index in [-0.39, 0.29) is 0 Å². The van der Waals surface area contributed by atoms with E-state index in [9.17, 15) is 122 Å². The Balaban J connectivity index is 1.14. The van der Waals surface area contributed by atoms with Crippen LogP contribution in [0.3, 0.4) is 0 Å². The SMILES string of the molecule is CC(=O)N[C@@H]1[C@@H](O[C@@H]2O[C@H](CO)[C@H](O)[C@H](O[C@@H]3O[C@H](CO)[C@@H](O[C@@H]4O[C@H](CO)[C@H](O)[C@H](O[C@@H]5O[C@H](CO)[C@@H](O[C@@H]6O[C@H](CO)[C@H](O)[C@H](O)[C@H]6O)[C@H](O[C@@H]6O[C@@H](C)[C@@H](O)[C@@H](O)[C@@H]6O)[C@H]5NC(C)=O)[C@H]4O)[C@H](O[C@@H]4O[C@@H](C)[C@@H](O)[C@@H](O)[C@@H]4O)[C@H]3NC(C)=O)[C@H]2O)[C@@H](O)[C@@H](CO)O[C@@H]1O. The number of hydrogen-bond acceptors (Lipinski definition) is 39. The van der Waals surface area contributed by atoms with Gasteiger partial charge in [-0.2, -0.15) is 0 Å². The van der Waals surface area contributed by atoms with Crippen molar-refractivity contribution in [1.82, 2.24) is 16.0 Å². The monoisotopic (exact) mass is 1410 g/mol. The van der Waals surface area contributed by atoms with E-state index in [0.29, 0.717) is 0 Å². The summed E-state index contributed by atoms with van der Waals surface area (Å²) >= 11 is 0. The second kappa shape index (κ2) is 33.8. The van der Waals surface area contributed by atoms with Crippen LogP contribution < -0.4 is 16.0 Å². The van der Waals surface area contributed by atoms with Gasteiger partial charge in [0, 0.05) is 20.8 Å². The molecule has 0 saturated carbocycles. The normalized spacial score (nSPS) is 50.3. The van der Waals surface area contributed by atoms with Crippen LogP contribution in [0.4, 0.5) is 0 Å². The van der Waals surface area contributed by atoms with Gasteiger partial charge in [0.25, 0.3) is 0 Å². The smallest absolute Gasteiger partial charge is 0.217 e. The van der Waals surface area contributed by atoms with Crippen molar-refractivity contribution in [2.24, 2.45) is 0 Å². The predicted octanol–water partition coefficient (Wildman–Crippen LogP) is -16.0. The first-order valence-electron chi connectivity index (χ1n) is 30.8. The molecule has 42 nitrogen and oxygen atoms in total. The molecule has 8 aliphatic rings. The number of rotatable bonds is 23. The van der Waals surface area contributed by atoms with Gasteiger partial charge in [-0.15, -0.1) is 0 Å². The quantitative estimate of drug-likeness (QED) is 0.0452. The van der Waals surface area contributed by atoms with Crippen molar-refractivity contribution in [3.8, 4) is 0 Å². The van der Waals surface area contributed by atoms with Crippen molar-refractivity contribution in [3.63, 3.8) is 0 Å². The molecule has 0 aliphatic carbocycles. The van der Waals surface area contributed by atoms with E-state index in [0.717, 1.165) is 20.8 Å². The van der Waals surface area contributed by atoms with E-state index >= 15 is 0 Å². The van der Waals surface area contributed by atoms with Crippen LogP contribution in [-0.2, 0) is 85.4 Å². The van der Waals surface area contributed by atoms with Gasteiger partial charge in [-0.3, -0.25) is 14.4 Å². The summed E-state index contributed by atoms with van der Waals surface area (Å²) in [5.41, 5.74) is 0. The summed E-state index contributed by atoms with van der Waals surface area (Å²) in [5, 5.41) is 239. The fourth-order valence-electron chi connectivity index (χ4n) is 12.6. The molecule has 24 N–H and O–H groups in total. The van der Waals surface area contributed by atoms with Crippen LogP contribution in [0.1, 0.15) is 34.6 Å². The number of carbonyl (C=O) groups is 3. The highest BCUT2D eigenvalue weighted by atomic mass is 16.8. The van der Waals surface area contributed by atoms with Gasteiger partial charge in [-0.25, -0.2) is 0 Å². The number of amides is 3. The minimum atomic E-state index is -2.43. The summed E-state index contributed by atoms with van der Waals surface area (Å²) in [6, 6.07) is -5.55. The molecule has 0 aromatic heterocycles. The zero-order valence-corrected chi connectivity index (χ0v) is 52.1. The van der Waals surface area contributed by atoms with Crippen molar-refractivity contribution in [2.75, 3.05) is 39.6 Å². The minimum absolute atomic E-state index is 0.787. The second-order valence-electron chi connectivity index (χ2n) is 24.5. The summed E-state index contributed by atoms with van der Waals surface area (Å²) in [4.78, 5) is 38.9. The molecule has 8 aliphatic heterocycles. The molecule has 8 fully saturated rings. The van der Waals surface area contributed by atoms with Crippen LogP contribution in [0.15, 0.2) is 0 Å². The molecular formula is C54H91N3O39. The van der Waals surface area contributed by atoms with Gasteiger partial charge in [0.1, 0.15) is 183 Å². The Morgan fingerprint density at radius 3 is 0.885 bits per heavy atom. The Labute approximate surface area is 545 Å². The number of carbonyl (C=O) groups excluding carboxylic acids is 3. The molecule has 3 amide bonds. The second-order valence-corrected chi connectivity index (χ2v) is 24.5. The zero-order valence-electron chi connectivity index (χ0n) is 52.1. The van der Waals surface area contributed by atoms with E-state index in [2.05, 4.69) is 16.0 Å². The maximum Gasteiger partial charge on any atom is 0.217 e. The van der Waals surface area contributed by atoms with Crippen molar-refractivity contribution < 1.29 is 193 Å². The molecule has 0 unspecified atom stereocenters. The molecule has 556 valence electrons. The number of ether oxygens (including phenoxy) is 15. The average molecular weight is 1410 g/mol. The van der Waals surface area contributed by atoms with Crippen LogP contribution >= 0.6 is 0 Å². The van der Waals surface area contributed by atoms with Gasteiger partial charge in [0.2, 0.25) is 17.7 Å². The van der Waals surface area contributed by atoms with Crippen LogP contribution in [0.25, 0.3) is 0 Å². The van der Waals surface area contributed by atoms with E-state index in [1.165, 1.54) is 13.8 Å². The van der Waals surface area contributed by atoms with Gasteiger partial charge in [0.15, 0.2) is 50.3 Å². The molecule has 42 heteroatoms. The van der Waals surface area contributed by atoms with Gasteiger partial charge in [0.05, 0.1) is 51.8 Å². The van der Waals surface area contributed by atoms with Gasteiger partial charge in [-0.1, -0.05) is 0 Å². The molecule has 0 radical (unpaired) electrons. The van der Waals surface area contributed by atoms with Gasteiger partial charge >= 0.3 is 0 Å². The maximum atomic E-state index is 13.4. The summed E-state index contributed by atoms with van der Waals surface area (Å²) in [5.74, 6) is -2.70. The largest absolute Gasteiger partial charge is 0.394 e. The summed E-state index contributed by atoms with van der Waals surface area (Å²) in [6.45, 7) is -1.02. The number of nitrogens with one attached hydrogen (secondary N) is 3. The van der Waals surface area contributed by atoms with Crippen molar-refractivity contribution in [1.29, 1.82) is 0 Å². The molecule has 0 spiro atoms. The van der Waals surface area contributed by atoms with Gasteiger partial charge in [-0.05, 0) is 13.8 Å². The lowest BCUT2D eigenvalue weighted by molar-refractivity contribution is -0.399. The number of aliphatic hydroxyl groups is 21. The van der Waals surface area contributed by atoms with Crippen molar-refractivity contribution >= 4 is 17.7 Å². The molecule has 0 bridgehead atoms.